The molecule has 0 aromatic heterocycles. The summed E-state index contributed by atoms with van der Waals surface area (Å²) in [6.07, 6.45) is 4.08. The summed E-state index contributed by atoms with van der Waals surface area (Å²) < 4.78 is 0. The minimum atomic E-state index is 1.15. The lowest BCUT2D eigenvalue weighted by Gasteiger charge is -2.28. The van der Waals surface area contributed by atoms with Crippen LogP contribution in [0.3, 0.4) is 0 Å². The Bertz CT molecular complexity index is 105. The van der Waals surface area contributed by atoms with E-state index in [9.17, 15) is 0 Å². The maximum atomic E-state index is 3.87. The van der Waals surface area contributed by atoms with Gasteiger partial charge in [0.1, 0.15) is 0 Å². The zero-order valence-corrected chi connectivity index (χ0v) is 6.92. The topological polar surface area (TPSA) is 3.24 Å². The molecule has 1 saturated heterocycles. The largest absolute Gasteiger partial charge is 0.372 e. The van der Waals surface area contributed by atoms with Gasteiger partial charge < -0.3 is 4.90 Å². The number of hydrogen-bond donors (Lipinski definition) is 0. The third-order valence-corrected chi connectivity index (χ3v) is 2.13. The van der Waals surface area contributed by atoms with Crippen molar-refractivity contribution in [2.24, 2.45) is 0 Å². The Balaban J connectivity index is 2.31. The van der Waals surface area contributed by atoms with Crippen molar-refractivity contribution in [1.29, 1.82) is 0 Å². The van der Waals surface area contributed by atoms with Gasteiger partial charge in [-0.3, -0.25) is 0 Å². The summed E-state index contributed by atoms with van der Waals surface area (Å²) in [6.45, 7) is 6.29. The zero-order valence-electron chi connectivity index (χ0n) is 5.77. The first kappa shape index (κ1) is 7.08. The Morgan fingerprint density at radius 2 is 1.78 bits per heavy atom. The van der Waals surface area contributed by atoms with Gasteiger partial charge in [-0.2, -0.15) is 0 Å². The summed E-state index contributed by atoms with van der Waals surface area (Å²) in [6, 6.07) is 0. The Hall–Kier alpha value is -0.0300. The Morgan fingerprint density at radius 3 is 2.11 bits per heavy atom. The van der Waals surface area contributed by atoms with E-state index in [-0.39, 0.29) is 0 Å². The number of hydrogen-bond acceptors (Lipinski definition) is 1. The molecule has 0 saturated carbocycles. The van der Waals surface area contributed by atoms with Gasteiger partial charge in [-0.15, -0.1) is 0 Å². The first-order chi connectivity index (χ1) is 4.30. The summed E-state index contributed by atoms with van der Waals surface area (Å²) in [5.41, 5.74) is 1.15. The molecule has 0 aromatic rings. The summed E-state index contributed by atoms with van der Waals surface area (Å²) in [7, 11) is 2.66. The van der Waals surface area contributed by atoms with Gasteiger partial charge >= 0.3 is 0 Å². The Labute approximate surface area is 59.3 Å². The minimum Gasteiger partial charge on any atom is -0.372 e. The van der Waals surface area contributed by atoms with Gasteiger partial charge in [0.25, 0.3) is 0 Å². The molecule has 1 aliphatic heterocycles. The van der Waals surface area contributed by atoms with Crippen LogP contribution in [0.4, 0.5) is 0 Å². The molecule has 1 heterocycles. The normalized spacial score (nSPS) is 19.9. The van der Waals surface area contributed by atoms with E-state index < -0.39 is 0 Å². The van der Waals surface area contributed by atoms with Crippen molar-refractivity contribution < 1.29 is 0 Å². The van der Waals surface area contributed by atoms with Crippen LogP contribution in [-0.4, -0.2) is 18.0 Å². The van der Waals surface area contributed by atoms with Gasteiger partial charge in [-0.1, -0.05) is 15.8 Å². The van der Waals surface area contributed by atoms with Gasteiger partial charge in [0, 0.05) is 18.5 Å². The smallest absolute Gasteiger partial charge is 0.0234 e. The number of likely N-dealkylation sites (tertiary alicyclic amines) is 1. The molecule has 1 nitrogen and oxygen atoms in total. The highest BCUT2D eigenvalue weighted by Crippen LogP contribution is 2.16. The SMILES string of the molecule is C=C(P)N1CCCCC1. The van der Waals surface area contributed by atoms with Crippen molar-refractivity contribution in [3.8, 4) is 0 Å². The average Bonchev–Trinajstić information content (AvgIpc) is 1.90. The van der Waals surface area contributed by atoms with E-state index in [4.69, 9.17) is 0 Å². The number of piperidine rings is 1. The maximum Gasteiger partial charge on any atom is 0.0234 e. The summed E-state index contributed by atoms with van der Waals surface area (Å²) >= 11 is 0. The predicted octanol–water partition coefficient (Wildman–Crippen LogP) is 1.82. The molecule has 0 N–H and O–H groups in total. The van der Waals surface area contributed by atoms with Crippen LogP contribution in [0.5, 0.6) is 0 Å². The van der Waals surface area contributed by atoms with Gasteiger partial charge in [-0.05, 0) is 19.3 Å². The van der Waals surface area contributed by atoms with Gasteiger partial charge in [0.15, 0.2) is 0 Å². The van der Waals surface area contributed by atoms with Crippen LogP contribution in [0.25, 0.3) is 0 Å². The summed E-state index contributed by atoms with van der Waals surface area (Å²) in [4.78, 5) is 2.33. The molecule has 0 aromatic carbocycles. The number of nitrogens with zero attached hydrogens (tertiary/aromatic N) is 1. The van der Waals surface area contributed by atoms with Gasteiger partial charge in [-0.25, -0.2) is 0 Å². The van der Waals surface area contributed by atoms with E-state index in [2.05, 4.69) is 20.7 Å². The zero-order chi connectivity index (χ0) is 6.69. The Kier molecular flexibility index (Phi) is 2.53. The molecule has 0 spiro atoms. The van der Waals surface area contributed by atoms with Crippen LogP contribution in [0.1, 0.15) is 19.3 Å². The van der Waals surface area contributed by atoms with E-state index in [0.29, 0.717) is 0 Å². The highest BCUT2D eigenvalue weighted by Gasteiger charge is 2.07. The highest BCUT2D eigenvalue weighted by molar-refractivity contribution is 7.22. The molecule has 52 valence electrons. The molecule has 1 unspecified atom stereocenters. The van der Waals surface area contributed by atoms with Crippen molar-refractivity contribution in [2.45, 2.75) is 19.3 Å². The quantitative estimate of drug-likeness (QED) is 0.506. The van der Waals surface area contributed by atoms with Crippen LogP contribution in [0, 0.1) is 0 Å². The minimum absolute atomic E-state index is 1.15. The highest BCUT2D eigenvalue weighted by atomic mass is 31.0. The molecule has 1 atom stereocenters. The van der Waals surface area contributed by atoms with E-state index in [1.54, 1.807) is 0 Å². The average molecular weight is 143 g/mol. The van der Waals surface area contributed by atoms with Crippen LogP contribution < -0.4 is 0 Å². The fourth-order valence-electron chi connectivity index (χ4n) is 1.18. The van der Waals surface area contributed by atoms with Crippen LogP contribution in [-0.2, 0) is 0 Å². The monoisotopic (exact) mass is 143 g/mol. The van der Waals surface area contributed by atoms with Crippen molar-refractivity contribution >= 4 is 9.24 Å². The number of rotatable bonds is 1. The summed E-state index contributed by atoms with van der Waals surface area (Å²) in [5.74, 6) is 0. The second-order valence-corrected chi connectivity index (χ2v) is 3.21. The lowest BCUT2D eigenvalue weighted by Crippen LogP contribution is -2.26. The third-order valence-electron chi connectivity index (χ3n) is 1.76. The van der Waals surface area contributed by atoms with E-state index >= 15 is 0 Å². The standard InChI is InChI=1S/C7H14NP/c1-7(9)8-5-3-2-4-6-8/h1-6,9H2. The van der Waals surface area contributed by atoms with Crippen LogP contribution >= 0.6 is 9.24 Å². The van der Waals surface area contributed by atoms with E-state index in [1.165, 1.54) is 32.4 Å². The fourth-order valence-corrected chi connectivity index (χ4v) is 1.44. The van der Waals surface area contributed by atoms with E-state index in [1.807, 2.05) is 0 Å². The molecular formula is C7H14NP. The molecule has 2 heteroatoms. The van der Waals surface area contributed by atoms with Crippen LogP contribution in [0.15, 0.2) is 12.0 Å². The lowest BCUT2D eigenvalue weighted by molar-refractivity contribution is 0.303. The second-order valence-electron chi connectivity index (χ2n) is 2.54. The molecule has 1 aliphatic rings. The molecule has 0 amide bonds. The van der Waals surface area contributed by atoms with Crippen molar-refractivity contribution in [2.75, 3.05) is 13.1 Å². The molecule has 1 fully saturated rings. The first-order valence-corrected chi connectivity index (χ1v) is 4.08. The molecule has 0 aliphatic carbocycles. The molecule has 1 rings (SSSR count). The molecular weight excluding hydrogens is 129 g/mol. The van der Waals surface area contributed by atoms with Crippen molar-refractivity contribution in [1.82, 2.24) is 4.90 Å². The molecule has 0 bridgehead atoms. The van der Waals surface area contributed by atoms with Crippen molar-refractivity contribution in [3.63, 3.8) is 0 Å². The van der Waals surface area contributed by atoms with Crippen molar-refractivity contribution in [3.05, 3.63) is 12.0 Å². The third kappa shape index (κ3) is 1.98. The van der Waals surface area contributed by atoms with Crippen LogP contribution in [0.2, 0.25) is 0 Å². The molecule has 9 heavy (non-hydrogen) atoms. The first-order valence-electron chi connectivity index (χ1n) is 3.50. The van der Waals surface area contributed by atoms with Gasteiger partial charge in [0.05, 0.1) is 0 Å². The summed E-state index contributed by atoms with van der Waals surface area (Å²) in [5, 5.41) is 0. The van der Waals surface area contributed by atoms with E-state index in [0.717, 1.165) is 5.44 Å². The second kappa shape index (κ2) is 3.22. The Morgan fingerprint density at radius 1 is 1.22 bits per heavy atom. The molecule has 0 radical (unpaired) electrons. The van der Waals surface area contributed by atoms with Gasteiger partial charge in [0.2, 0.25) is 0 Å². The maximum absolute atomic E-state index is 3.87. The predicted molar refractivity (Wildman–Crippen MR) is 44.3 cm³/mol. The fraction of sp³-hybridized carbons (Fsp3) is 0.714. The lowest BCUT2D eigenvalue weighted by atomic mass is 10.1.